The first-order chi connectivity index (χ1) is 16.2. The molecule has 2 aliphatic heterocycles. The number of nitrogens with one attached hydrogen (secondary N) is 2. The smallest absolute Gasteiger partial charge is 0.252 e. The van der Waals surface area contributed by atoms with Gasteiger partial charge in [-0.3, -0.25) is 4.79 Å². The van der Waals surface area contributed by atoms with Gasteiger partial charge >= 0.3 is 0 Å². The highest BCUT2D eigenvalue weighted by molar-refractivity contribution is 5.71. The monoisotopic (exact) mass is 461 g/mol. The second-order valence-corrected chi connectivity index (χ2v) is 9.99. The summed E-state index contributed by atoms with van der Waals surface area (Å²) in [5.74, 6) is 2.12. The van der Waals surface area contributed by atoms with E-state index in [2.05, 4.69) is 41.3 Å². The van der Waals surface area contributed by atoms with Gasteiger partial charge in [-0.1, -0.05) is 13.0 Å². The Morgan fingerprint density at radius 2 is 2.03 bits per heavy atom. The van der Waals surface area contributed by atoms with Crippen molar-refractivity contribution in [3.63, 3.8) is 0 Å². The Morgan fingerprint density at radius 3 is 2.79 bits per heavy atom. The van der Waals surface area contributed by atoms with E-state index in [0.29, 0.717) is 24.8 Å². The van der Waals surface area contributed by atoms with Crippen molar-refractivity contribution < 1.29 is 4.74 Å². The first kappa shape index (κ1) is 22.5. The minimum absolute atomic E-state index is 0.101. The van der Waals surface area contributed by atoms with Gasteiger partial charge in [0.2, 0.25) is 5.95 Å². The Balaban J connectivity index is 1.60. The van der Waals surface area contributed by atoms with Crippen LogP contribution in [0.5, 0.6) is 0 Å². The zero-order valence-electron chi connectivity index (χ0n) is 20.3. The lowest BCUT2D eigenvalue weighted by molar-refractivity contribution is -0.0893. The number of hydrogen-bond donors (Lipinski definition) is 2. The summed E-state index contributed by atoms with van der Waals surface area (Å²) in [6, 6.07) is 9.58. The summed E-state index contributed by atoms with van der Waals surface area (Å²) in [4.78, 5) is 28.8. The highest BCUT2D eigenvalue weighted by atomic mass is 16.5. The molecule has 1 fully saturated rings. The normalized spacial score (nSPS) is 22.9. The first-order valence-corrected chi connectivity index (χ1v) is 11.6. The Morgan fingerprint density at radius 1 is 1.21 bits per heavy atom. The van der Waals surface area contributed by atoms with Crippen LogP contribution in [0.3, 0.4) is 0 Å². The zero-order valence-corrected chi connectivity index (χ0v) is 20.3. The van der Waals surface area contributed by atoms with E-state index in [1.54, 1.807) is 13.2 Å². The Hall–Kier alpha value is -3.30. The summed E-state index contributed by atoms with van der Waals surface area (Å²) in [5, 5.41) is 6.37. The molecule has 2 aliphatic rings. The number of pyridine rings is 2. The molecule has 0 aliphatic carbocycles. The van der Waals surface area contributed by atoms with Crippen LogP contribution in [-0.2, 0) is 23.7 Å². The van der Waals surface area contributed by atoms with Gasteiger partial charge < -0.3 is 24.8 Å². The maximum atomic E-state index is 12.1. The third-order valence-corrected chi connectivity index (χ3v) is 6.86. The Bertz CT molecular complexity index is 1290. The molecule has 2 atom stereocenters. The number of aryl methyl sites for hydroxylation is 1. The van der Waals surface area contributed by atoms with Crippen LogP contribution < -0.4 is 21.1 Å². The molecule has 2 N–H and O–H groups in total. The molecule has 0 radical (unpaired) electrons. The highest BCUT2D eigenvalue weighted by Gasteiger charge is 2.55. The first-order valence-electron chi connectivity index (χ1n) is 11.6. The van der Waals surface area contributed by atoms with Gasteiger partial charge in [0.25, 0.3) is 5.56 Å². The lowest BCUT2D eigenvalue weighted by atomic mass is 9.73. The van der Waals surface area contributed by atoms with Gasteiger partial charge in [0.15, 0.2) is 0 Å². The molecule has 34 heavy (non-hydrogen) atoms. The highest BCUT2D eigenvalue weighted by Crippen LogP contribution is 2.52. The number of anilines is 4. The quantitative estimate of drug-likeness (QED) is 0.599. The molecule has 0 unspecified atom stereocenters. The SMILES string of the molecule is CNCc1cccc(N2c3nc(Nc4ccn(C)c(=O)c4)ncc3[C@]3(C)COC(C)(C)C[C@H]23)n1. The number of hydrogen-bond acceptors (Lipinski definition) is 8. The van der Waals surface area contributed by atoms with Gasteiger partial charge in [-0.05, 0) is 45.5 Å². The van der Waals surface area contributed by atoms with Crippen LogP contribution in [0.2, 0.25) is 0 Å². The number of fused-ring (bicyclic) bond motifs is 3. The van der Waals surface area contributed by atoms with Crippen LogP contribution in [0.15, 0.2) is 47.5 Å². The molecule has 9 nitrogen and oxygen atoms in total. The second-order valence-electron chi connectivity index (χ2n) is 9.99. The van der Waals surface area contributed by atoms with Crippen molar-refractivity contribution in [1.29, 1.82) is 0 Å². The average molecular weight is 462 g/mol. The van der Waals surface area contributed by atoms with E-state index in [-0.39, 0.29) is 22.6 Å². The number of ether oxygens (including phenoxy) is 1. The summed E-state index contributed by atoms with van der Waals surface area (Å²) >= 11 is 0. The molecule has 0 amide bonds. The van der Waals surface area contributed by atoms with E-state index >= 15 is 0 Å². The van der Waals surface area contributed by atoms with E-state index in [4.69, 9.17) is 14.7 Å². The van der Waals surface area contributed by atoms with Gasteiger partial charge in [-0.2, -0.15) is 4.98 Å². The summed E-state index contributed by atoms with van der Waals surface area (Å²) in [6.45, 7) is 7.75. The summed E-state index contributed by atoms with van der Waals surface area (Å²) in [7, 11) is 3.64. The predicted molar refractivity (Wildman–Crippen MR) is 132 cm³/mol. The zero-order chi connectivity index (χ0) is 24.1. The van der Waals surface area contributed by atoms with E-state index in [0.717, 1.165) is 29.3 Å². The number of nitrogens with zero attached hydrogens (tertiary/aromatic N) is 5. The van der Waals surface area contributed by atoms with Crippen LogP contribution >= 0.6 is 0 Å². The molecule has 178 valence electrons. The number of rotatable bonds is 5. The molecule has 0 spiro atoms. The van der Waals surface area contributed by atoms with Crippen molar-refractivity contribution >= 4 is 23.3 Å². The van der Waals surface area contributed by atoms with Gasteiger partial charge in [0.1, 0.15) is 11.6 Å². The van der Waals surface area contributed by atoms with Gasteiger partial charge in [0, 0.05) is 48.7 Å². The van der Waals surface area contributed by atoms with Crippen LogP contribution in [-0.4, -0.2) is 44.8 Å². The van der Waals surface area contributed by atoms with Gasteiger partial charge in [-0.15, -0.1) is 0 Å². The maximum absolute atomic E-state index is 12.1. The number of aromatic nitrogens is 4. The largest absolute Gasteiger partial charge is 0.374 e. The van der Waals surface area contributed by atoms with Crippen LogP contribution in [0.4, 0.5) is 23.3 Å². The molecule has 5 heterocycles. The molecule has 9 heteroatoms. The molecule has 3 aromatic heterocycles. The summed E-state index contributed by atoms with van der Waals surface area (Å²) in [6.07, 6.45) is 4.43. The van der Waals surface area contributed by atoms with E-state index in [1.165, 1.54) is 10.6 Å². The van der Waals surface area contributed by atoms with E-state index in [1.807, 2.05) is 37.5 Å². The maximum Gasteiger partial charge on any atom is 0.252 e. The average Bonchev–Trinajstić information content (AvgIpc) is 3.04. The van der Waals surface area contributed by atoms with Crippen LogP contribution in [0.1, 0.15) is 38.4 Å². The molecule has 5 rings (SSSR count). The van der Waals surface area contributed by atoms with Crippen molar-refractivity contribution in [1.82, 2.24) is 24.8 Å². The molecular formula is C25H31N7O2. The minimum Gasteiger partial charge on any atom is -0.374 e. The topological polar surface area (TPSA) is 97.2 Å². The van der Waals surface area contributed by atoms with Crippen molar-refractivity contribution in [2.24, 2.45) is 7.05 Å². The van der Waals surface area contributed by atoms with Crippen molar-refractivity contribution in [2.45, 2.75) is 50.8 Å². The third kappa shape index (κ3) is 3.84. The minimum atomic E-state index is -0.271. The standard InChI is InChI=1S/C25H31N7O2/c1-24(2)12-19-25(3,15-34-24)18-14-27-23(29-16-9-10-31(5)21(33)11-16)30-22(18)32(19)20-8-6-7-17(28-20)13-26-4/h6-11,14,19,26H,12-13,15H2,1-5H3,(H,27,29,30)/t19-,25-/m0/s1. The van der Waals surface area contributed by atoms with Crippen molar-refractivity contribution in [3.8, 4) is 0 Å². The molecular weight excluding hydrogens is 430 g/mol. The molecule has 3 aromatic rings. The molecule has 0 bridgehead atoms. The lowest BCUT2D eigenvalue weighted by Gasteiger charge is -2.46. The van der Waals surface area contributed by atoms with Crippen molar-refractivity contribution in [3.05, 3.63) is 64.3 Å². The van der Waals surface area contributed by atoms with Crippen LogP contribution in [0.25, 0.3) is 0 Å². The predicted octanol–water partition coefficient (Wildman–Crippen LogP) is 3.01. The van der Waals surface area contributed by atoms with E-state index < -0.39 is 0 Å². The second kappa shape index (κ2) is 8.18. The van der Waals surface area contributed by atoms with Gasteiger partial charge in [-0.25, -0.2) is 9.97 Å². The molecule has 0 saturated carbocycles. The summed E-state index contributed by atoms with van der Waals surface area (Å²) < 4.78 is 7.79. The third-order valence-electron chi connectivity index (χ3n) is 6.86. The van der Waals surface area contributed by atoms with Gasteiger partial charge in [0.05, 0.1) is 23.9 Å². The van der Waals surface area contributed by atoms with E-state index in [9.17, 15) is 4.79 Å². The fraction of sp³-hybridized carbons (Fsp3) is 0.440. The van der Waals surface area contributed by atoms with Crippen LogP contribution in [0, 0.1) is 0 Å². The van der Waals surface area contributed by atoms with Crippen molar-refractivity contribution in [2.75, 3.05) is 23.9 Å². The Kier molecular flexibility index (Phi) is 5.41. The lowest BCUT2D eigenvalue weighted by Crippen LogP contribution is -2.54. The fourth-order valence-corrected chi connectivity index (χ4v) is 4.90. The molecule has 1 saturated heterocycles. The summed E-state index contributed by atoms with van der Waals surface area (Å²) in [5.41, 5.74) is 2.03. The molecule has 0 aromatic carbocycles. The fourth-order valence-electron chi connectivity index (χ4n) is 4.90. The Labute approximate surface area is 199 Å².